The topological polar surface area (TPSA) is 69.3 Å². The molecule has 1 aliphatic heterocycles. The molecule has 126 valence electrons. The van der Waals surface area contributed by atoms with Gasteiger partial charge in [0.1, 0.15) is 0 Å². The van der Waals surface area contributed by atoms with Gasteiger partial charge in [0.2, 0.25) is 5.91 Å². The van der Waals surface area contributed by atoms with Gasteiger partial charge in [-0.1, -0.05) is 31.0 Å². The summed E-state index contributed by atoms with van der Waals surface area (Å²) in [6.07, 6.45) is 4.39. The molecule has 1 aromatic heterocycles. The van der Waals surface area contributed by atoms with Gasteiger partial charge in [0, 0.05) is 37.5 Å². The van der Waals surface area contributed by atoms with Gasteiger partial charge in [0.05, 0.1) is 5.52 Å². The average molecular weight is 326 g/mol. The smallest absolute Gasteiger partial charge is 0.275 e. The van der Waals surface area contributed by atoms with E-state index in [0.717, 1.165) is 23.7 Å². The van der Waals surface area contributed by atoms with Crippen molar-refractivity contribution in [3.63, 3.8) is 0 Å². The van der Waals surface area contributed by atoms with Crippen LogP contribution in [0.1, 0.15) is 36.2 Å². The first-order chi connectivity index (χ1) is 11.7. The molecule has 1 saturated carbocycles. The van der Waals surface area contributed by atoms with E-state index in [1.54, 1.807) is 4.90 Å². The number of aromatic nitrogens is 2. The number of nitrogens with one attached hydrogen (secondary N) is 1. The van der Waals surface area contributed by atoms with Crippen molar-refractivity contribution in [3.8, 4) is 0 Å². The molecular weight excluding hydrogens is 304 g/mol. The zero-order chi connectivity index (χ0) is 16.5. The molecule has 2 aromatic rings. The van der Waals surface area contributed by atoms with Crippen molar-refractivity contribution < 1.29 is 9.59 Å². The van der Waals surface area contributed by atoms with Gasteiger partial charge in [-0.25, -0.2) is 0 Å². The third kappa shape index (κ3) is 2.66. The lowest BCUT2D eigenvalue weighted by molar-refractivity contribution is -0.136. The molecule has 24 heavy (non-hydrogen) atoms. The summed E-state index contributed by atoms with van der Waals surface area (Å²) >= 11 is 0. The van der Waals surface area contributed by atoms with Crippen LogP contribution < -0.4 is 0 Å². The number of hydrogen-bond acceptors (Lipinski definition) is 3. The van der Waals surface area contributed by atoms with Crippen molar-refractivity contribution in [2.24, 2.45) is 5.92 Å². The highest BCUT2D eigenvalue weighted by Gasteiger charge is 2.31. The van der Waals surface area contributed by atoms with E-state index in [0.29, 0.717) is 31.9 Å². The highest BCUT2D eigenvalue weighted by Crippen LogP contribution is 2.27. The number of carbonyl (C=O) groups excluding carboxylic acids is 2. The molecule has 2 heterocycles. The monoisotopic (exact) mass is 326 g/mol. The van der Waals surface area contributed by atoms with E-state index in [1.165, 1.54) is 12.8 Å². The van der Waals surface area contributed by atoms with E-state index in [9.17, 15) is 9.59 Å². The van der Waals surface area contributed by atoms with E-state index in [2.05, 4.69) is 10.2 Å². The fourth-order valence-electron chi connectivity index (χ4n) is 3.84. The Hall–Kier alpha value is -2.37. The van der Waals surface area contributed by atoms with E-state index < -0.39 is 0 Å². The molecule has 6 heteroatoms. The molecule has 0 bridgehead atoms. The van der Waals surface area contributed by atoms with E-state index in [1.807, 2.05) is 29.2 Å². The Balaban J connectivity index is 1.42. The SMILES string of the molecule is O=C(c1n[nH]c2ccccc12)N1CCN(C(=O)C2CCCC2)CC1. The molecule has 2 amide bonds. The minimum atomic E-state index is -0.0552. The van der Waals surface area contributed by atoms with Crippen molar-refractivity contribution in [1.82, 2.24) is 20.0 Å². The zero-order valence-corrected chi connectivity index (χ0v) is 13.7. The maximum Gasteiger partial charge on any atom is 0.275 e. The van der Waals surface area contributed by atoms with Crippen LogP contribution in [-0.4, -0.2) is 58.0 Å². The number of benzene rings is 1. The van der Waals surface area contributed by atoms with E-state index in [4.69, 9.17) is 0 Å². The predicted octanol–water partition coefficient (Wildman–Crippen LogP) is 2.04. The molecule has 0 spiro atoms. The summed E-state index contributed by atoms with van der Waals surface area (Å²) in [4.78, 5) is 29.0. The number of piperazine rings is 1. The number of carbonyl (C=O) groups is 2. The number of fused-ring (bicyclic) bond motifs is 1. The fourth-order valence-corrected chi connectivity index (χ4v) is 3.84. The molecule has 1 N–H and O–H groups in total. The van der Waals surface area contributed by atoms with Gasteiger partial charge in [-0.15, -0.1) is 0 Å². The van der Waals surface area contributed by atoms with Gasteiger partial charge in [0.25, 0.3) is 5.91 Å². The van der Waals surface area contributed by atoms with Crippen LogP contribution >= 0.6 is 0 Å². The van der Waals surface area contributed by atoms with Gasteiger partial charge < -0.3 is 9.80 Å². The Morgan fingerprint density at radius 1 is 1.00 bits per heavy atom. The third-order valence-corrected chi connectivity index (χ3v) is 5.26. The molecule has 1 saturated heterocycles. The molecule has 4 rings (SSSR count). The summed E-state index contributed by atoms with van der Waals surface area (Å²) in [7, 11) is 0. The second kappa shape index (κ2) is 6.26. The lowest BCUT2D eigenvalue weighted by Gasteiger charge is -2.35. The lowest BCUT2D eigenvalue weighted by Crippen LogP contribution is -2.51. The normalized spacial score (nSPS) is 19.2. The molecular formula is C18H22N4O2. The molecule has 0 radical (unpaired) electrons. The first-order valence-corrected chi connectivity index (χ1v) is 8.75. The number of aromatic amines is 1. The second-order valence-corrected chi connectivity index (χ2v) is 6.72. The number of amides is 2. The Labute approximate surface area is 140 Å². The summed E-state index contributed by atoms with van der Waals surface area (Å²) in [5.74, 6) is 0.438. The molecule has 1 aromatic carbocycles. The van der Waals surface area contributed by atoms with Crippen molar-refractivity contribution in [3.05, 3.63) is 30.0 Å². The summed E-state index contributed by atoms with van der Waals surface area (Å²) in [5, 5.41) is 7.95. The molecule has 0 unspecified atom stereocenters. The first-order valence-electron chi connectivity index (χ1n) is 8.75. The van der Waals surface area contributed by atoms with Crippen molar-refractivity contribution >= 4 is 22.7 Å². The van der Waals surface area contributed by atoms with Gasteiger partial charge in [-0.05, 0) is 18.9 Å². The highest BCUT2D eigenvalue weighted by molar-refractivity contribution is 6.04. The maximum absolute atomic E-state index is 12.7. The van der Waals surface area contributed by atoms with Crippen LogP contribution in [0.2, 0.25) is 0 Å². The average Bonchev–Trinajstić information content (AvgIpc) is 3.30. The number of para-hydroxylation sites is 1. The summed E-state index contributed by atoms with van der Waals surface area (Å²) < 4.78 is 0. The quantitative estimate of drug-likeness (QED) is 0.918. The summed E-state index contributed by atoms with van der Waals surface area (Å²) in [5.41, 5.74) is 1.34. The van der Waals surface area contributed by atoms with Gasteiger partial charge in [0.15, 0.2) is 5.69 Å². The van der Waals surface area contributed by atoms with Crippen LogP contribution in [-0.2, 0) is 4.79 Å². The van der Waals surface area contributed by atoms with Crippen molar-refractivity contribution in [1.29, 1.82) is 0 Å². The first kappa shape index (κ1) is 15.2. The minimum Gasteiger partial charge on any atom is -0.339 e. The molecule has 0 atom stereocenters. The van der Waals surface area contributed by atoms with Gasteiger partial charge in [-0.2, -0.15) is 5.10 Å². The van der Waals surface area contributed by atoms with Crippen LogP contribution in [0.15, 0.2) is 24.3 Å². The zero-order valence-electron chi connectivity index (χ0n) is 13.7. The van der Waals surface area contributed by atoms with Crippen LogP contribution in [0.3, 0.4) is 0 Å². The molecule has 2 aliphatic rings. The third-order valence-electron chi connectivity index (χ3n) is 5.26. The van der Waals surface area contributed by atoms with Gasteiger partial charge in [-0.3, -0.25) is 14.7 Å². The van der Waals surface area contributed by atoms with E-state index >= 15 is 0 Å². The number of rotatable bonds is 2. The van der Waals surface area contributed by atoms with Crippen LogP contribution in [0.4, 0.5) is 0 Å². The maximum atomic E-state index is 12.7. The fraction of sp³-hybridized carbons (Fsp3) is 0.500. The number of hydrogen-bond donors (Lipinski definition) is 1. The lowest BCUT2D eigenvalue weighted by atomic mass is 10.1. The van der Waals surface area contributed by atoms with Crippen LogP contribution in [0.5, 0.6) is 0 Å². The van der Waals surface area contributed by atoms with Crippen LogP contribution in [0.25, 0.3) is 10.9 Å². The number of nitrogens with zero attached hydrogens (tertiary/aromatic N) is 3. The second-order valence-electron chi connectivity index (χ2n) is 6.72. The van der Waals surface area contributed by atoms with E-state index in [-0.39, 0.29) is 17.7 Å². The highest BCUT2D eigenvalue weighted by atomic mass is 16.2. The molecule has 2 fully saturated rings. The summed E-state index contributed by atoms with van der Waals surface area (Å²) in [6.45, 7) is 2.42. The van der Waals surface area contributed by atoms with Crippen molar-refractivity contribution in [2.75, 3.05) is 26.2 Å². The molecule has 1 aliphatic carbocycles. The van der Waals surface area contributed by atoms with Crippen molar-refractivity contribution in [2.45, 2.75) is 25.7 Å². The van der Waals surface area contributed by atoms with Gasteiger partial charge >= 0.3 is 0 Å². The van der Waals surface area contributed by atoms with Crippen LogP contribution in [0, 0.1) is 5.92 Å². The number of H-pyrrole nitrogens is 1. The Morgan fingerprint density at radius 2 is 1.67 bits per heavy atom. The Morgan fingerprint density at radius 3 is 2.42 bits per heavy atom. The summed E-state index contributed by atoms with van der Waals surface area (Å²) in [6, 6.07) is 7.65. The largest absolute Gasteiger partial charge is 0.339 e. The predicted molar refractivity (Wildman–Crippen MR) is 90.5 cm³/mol. The minimum absolute atomic E-state index is 0.0552. The Bertz CT molecular complexity index is 755. The standard InChI is InChI=1S/C18H22N4O2/c23-17(13-5-1-2-6-13)21-9-11-22(12-10-21)18(24)16-14-7-3-4-8-15(14)19-20-16/h3-4,7-8,13H,1-2,5-6,9-12H2,(H,19,20). The molecule has 6 nitrogen and oxygen atoms in total. The Kier molecular flexibility index (Phi) is 3.96.